The molecule has 0 aliphatic carbocycles. The van der Waals surface area contributed by atoms with E-state index in [0.29, 0.717) is 27.7 Å². The van der Waals surface area contributed by atoms with Gasteiger partial charge in [0.05, 0.1) is 27.9 Å². The van der Waals surface area contributed by atoms with E-state index in [1.807, 2.05) is 60.0 Å². The van der Waals surface area contributed by atoms with Gasteiger partial charge in [-0.15, -0.1) is 0 Å². The highest BCUT2D eigenvalue weighted by atomic mass is 79.9. The molecule has 0 N–H and O–H groups in total. The van der Waals surface area contributed by atoms with Crippen LogP contribution in [0, 0.1) is 0 Å². The molecule has 0 amide bonds. The maximum absolute atomic E-state index is 13.0. The number of hydrogen-bond acceptors (Lipinski definition) is 5. The van der Waals surface area contributed by atoms with Crippen LogP contribution in [-0.4, -0.2) is 42.1 Å². The Kier molecular flexibility index (Phi) is 6.39. The first-order valence-electron chi connectivity index (χ1n) is 9.26. The van der Waals surface area contributed by atoms with Crippen molar-refractivity contribution < 1.29 is 19.1 Å². The highest BCUT2D eigenvalue weighted by molar-refractivity contribution is 9.10. The minimum atomic E-state index is -0.432. The van der Waals surface area contributed by atoms with Crippen molar-refractivity contribution in [2.24, 2.45) is 0 Å². The van der Waals surface area contributed by atoms with Crippen LogP contribution in [0.5, 0.6) is 5.75 Å². The minimum Gasteiger partial charge on any atom is -0.462 e. The summed E-state index contributed by atoms with van der Waals surface area (Å²) in [5.41, 5.74) is 3.03. The molecule has 0 unspecified atom stereocenters. The molecular weight excluding hydrogens is 436 g/mol. The molecule has 1 aromatic heterocycles. The Bertz CT molecular complexity index is 1060. The summed E-state index contributed by atoms with van der Waals surface area (Å²) < 4.78 is 13.4. The average Bonchev–Trinajstić information content (AvgIpc) is 2.94. The van der Waals surface area contributed by atoms with Crippen LogP contribution in [0.3, 0.4) is 0 Å². The summed E-state index contributed by atoms with van der Waals surface area (Å²) in [5.74, 6) is -0.476. The predicted octanol–water partition coefficient (Wildman–Crippen LogP) is 4.56. The molecular formula is C22H23BrN2O4. The van der Waals surface area contributed by atoms with Crippen molar-refractivity contribution in [3.63, 3.8) is 0 Å². The lowest BCUT2D eigenvalue weighted by Crippen LogP contribution is -2.17. The highest BCUT2D eigenvalue weighted by Gasteiger charge is 2.26. The lowest BCUT2D eigenvalue weighted by atomic mass is 10.1. The quantitative estimate of drug-likeness (QED) is 0.400. The van der Waals surface area contributed by atoms with Crippen molar-refractivity contribution in [2.75, 3.05) is 20.7 Å². The number of fused-ring (bicyclic) bond motifs is 1. The van der Waals surface area contributed by atoms with Gasteiger partial charge in [-0.1, -0.05) is 18.2 Å². The second kappa shape index (κ2) is 8.80. The Balaban J connectivity index is 2.41. The number of ether oxygens (including phenoxy) is 2. The van der Waals surface area contributed by atoms with Gasteiger partial charge in [0.2, 0.25) is 0 Å². The molecule has 152 valence electrons. The van der Waals surface area contributed by atoms with Crippen LogP contribution >= 0.6 is 15.9 Å². The number of esters is 2. The highest BCUT2D eigenvalue weighted by Crippen LogP contribution is 2.37. The first-order valence-corrected chi connectivity index (χ1v) is 10.0. The van der Waals surface area contributed by atoms with Crippen molar-refractivity contribution in [1.29, 1.82) is 0 Å². The molecule has 2 aromatic carbocycles. The third kappa shape index (κ3) is 4.36. The predicted molar refractivity (Wildman–Crippen MR) is 116 cm³/mol. The van der Waals surface area contributed by atoms with E-state index in [2.05, 4.69) is 15.9 Å². The summed E-state index contributed by atoms with van der Waals surface area (Å²) in [6.45, 7) is 3.92. The van der Waals surface area contributed by atoms with Crippen LogP contribution < -0.4 is 4.74 Å². The maximum Gasteiger partial charge on any atom is 0.340 e. The third-order valence-electron chi connectivity index (χ3n) is 4.33. The molecule has 0 saturated carbocycles. The van der Waals surface area contributed by atoms with Crippen molar-refractivity contribution in [3.05, 3.63) is 58.2 Å². The van der Waals surface area contributed by atoms with Crippen molar-refractivity contribution in [2.45, 2.75) is 20.4 Å². The molecule has 7 heteroatoms. The Labute approximate surface area is 178 Å². The number of carbonyl (C=O) groups is 2. The Morgan fingerprint density at radius 1 is 1.14 bits per heavy atom. The van der Waals surface area contributed by atoms with Gasteiger partial charge in [0.25, 0.3) is 0 Å². The van der Waals surface area contributed by atoms with E-state index in [1.165, 1.54) is 6.92 Å². The van der Waals surface area contributed by atoms with Gasteiger partial charge in [-0.25, -0.2) is 4.79 Å². The fourth-order valence-corrected chi connectivity index (χ4v) is 3.74. The Morgan fingerprint density at radius 3 is 2.41 bits per heavy atom. The molecule has 6 nitrogen and oxygen atoms in total. The maximum atomic E-state index is 13.0. The topological polar surface area (TPSA) is 60.8 Å². The summed E-state index contributed by atoms with van der Waals surface area (Å²) in [6.07, 6.45) is 0. The number of hydrogen-bond donors (Lipinski definition) is 0. The second-order valence-corrected chi connectivity index (χ2v) is 7.70. The first-order chi connectivity index (χ1) is 13.8. The number of aromatic nitrogens is 1. The van der Waals surface area contributed by atoms with Gasteiger partial charge in [-0.05, 0) is 61.2 Å². The van der Waals surface area contributed by atoms with Crippen LogP contribution in [0.2, 0.25) is 0 Å². The Morgan fingerprint density at radius 2 is 1.83 bits per heavy atom. The molecule has 0 saturated heterocycles. The smallest absolute Gasteiger partial charge is 0.340 e. The van der Waals surface area contributed by atoms with Gasteiger partial charge >= 0.3 is 11.9 Å². The fraction of sp³-hybridized carbons (Fsp3) is 0.273. The fourth-order valence-electron chi connectivity index (χ4n) is 3.33. The van der Waals surface area contributed by atoms with Gasteiger partial charge in [0.15, 0.2) is 0 Å². The molecule has 0 aliphatic heterocycles. The standard InChI is InChI=1S/C22H23BrN2O4/c1-5-28-22(27)21-16-11-20(29-14(2)26)17(23)12-18(16)25(19(21)13-24(3)4)15-9-7-6-8-10-15/h6-12H,5,13H2,1-4H3. The number of benzene rings is 2. The molecule has 3 aromatic rings. The van der Waals surface area contributed by atoms with Gasteiger partial charge in [0.1, 0.15) is 5.75 Å². The minimum absolute atomic E-state index is 0.269. The number of carbonyl (C=O) groups excluding carboxylic acids is 2. The third-order valence-corrected chi connectivity index (χ3v) is 4.95. The van der Waals surface area contributed by atoms with Crippen molar-refractivity contribution in [1.82, 2.24) is 9.47 Å². The van der Waals surface area contributed by atoms with E-state index in [9.17, 15) is 9.59 Å². The largest absolute Gasteiger partial charge is 0.462 e. The molecule has 0 bridgehead atoms. The Hall–Kier alpha value is -2.64. The zero-order valence-electron chi connectivity index (χ0n) is 16.9. The molecule has 0 aliphatic rings. The molecule has 3 rings (SSSR count). The van der Waals surface area contributed by atoms with Crippen molar-refractivity contribution >= 4 is 38.8 Å². The molecule has 29 heavy (non-hydrogen) atoms. The van der Waals surface area contributed by atoms with Crippen LogP contribution in [0.25, 0.3) is 16.6 Å². The van der Waals surface area contributed by atoms with E-state index < -0.39 is 11.9 Å². The summed E-state index contributed by atoms with van der Waals surface area (Å²) in [4.78, 5) is 26.5. The number of rotatable bonds is 6. The lowest BCUT2D eigenvalue weighted by molar-refractivity contribution is -0.131. The summed E-state index contributed by atoms with van der Waals surface area (Å²) >= 11 is 3.49. The second-order valence-electron chi connectivity index (χ2n) is 6.84. The van der Waals surface area contributed by atoms with E-state index in [-0.39, 0.29) is 6.61 Å². The summed E-state index contributed by atoms with van der Waals surface area (Å²) in [5, 5.41) is 0.670. The summed E-state index contributed by atoms with van der Waals surface area (Å²) in [7, 11) is 3.89. The lowest BCUT2D eigenvalue weighted by Gasteiger charge is -2.16. The van der Waals surface area contributed by atoms with Gasteiger partial charge in [0, 0.05) is 24.5 Å². The molecule has 0 radical (unpaired) electrons. The van der Waals surface area contributed by atoms with Crippen LogP contribution in [-0.2, 0) is 16.1 Å². The van der Waals surface area contributed by atoms with Gasteiger partial charge in [-0.3, -0.25) is 4.79 Å². The summed E-state index contributed by atoms with van der Waals surface area (Å²) in [6, 6.07) is 13.4. The van der Waals surface area contributed by atoms with Crippen LogP contribution in [0.1, 0.15) is 29.9 Å². The number of halogens is 1. The number of para-hydroxylation sites is 1. The monoisotopic (exact) mass is 458 g/mol. The van der Waals surface area contributed by atoms with Crippen LogP contribution in [0.4, 0.5) is 0 Å². The van der Waals surface area contributed by atoms with E-state index >= 15 is 0 Å². The van der Waals surface area contributed by atoms with E-state index in [1.54, 1.807) is 13.0 Å². The SMILES string of the molecule is CCOC(=O)c1c(CN(C)C)n(-c2ccccc2)c2cc(Br)c(OC(C)=O)cc12. The zero-order valence-corrected chi connectivity index (χ0v) is 18.4. The molecule has 0 spiro atoms. The normalized spacial score (nSPS) is 11.1. The zero-order chi connectivity index (χ0) is 21.1. The average molecular weight is 459 g/mol. The van der Waals surface area contributed by atoms with E-state index in [4.69, 9.17) is 9.47 Å². The van der Waals surface area contributed by atoms with Crippen molar-refractivity contribution in [3.8, 4) is 11.4 Å². The molecule has 0 fully saturated rings. The molecule has 1 heterocycles. The van der Waals surface area contributed by atoms with Crippen LogP contribution in [0.15, 0.2) is 46.9 Å². The van der Waals surface area contributed by atoms with Gasteiger partial charge < -0.3 is 18.9 Å². The van der Waals surface area contributed by atoms with E-state index in [0.717, 1.165) is 16.9 Å². The number of nitrogens with zero attached hydrogens (tertiary/aromatic N) is 2. The van der Waals surface area contributed by atoms with Gasteiger partial charge in [-0.2, -0.15) is 0 Å². The molecule has 0 atom stereocenters. The first kappa shape index (κ1) is 21.1.